The van der Waals surface area contributed by atoms with E-state index >= 15 is 0 Å². The number of carbonyl (C=O) groups excluding carboxylic acids is 2. The average molecular weight is 523 g/mol. The minimum Gasteiger partial charge on any atom is -0.480 e. The van der Waals surface area contributed by atoms with Gasteiger partial charge in [0.05, 0.1) is 17.4 Å². The van der Waals surface area contributed by atoms with E-state index in [0.29, 0.717) is 16.3 Å². The summed E-state index contributed by atoms with van der Waals surface area (Å²) in [4.78, 5) is 37.0. The van der Waals surface area contributed by atoms with Crippen LogP contribution in [0.15, 0.2) is 47.5 Å². The molecule has 1 fully saturated rings. The first-order valence-corrected chi connectivity index (χ1v) is 12.5. The SMILES string of the molecule is CC(O)C1CC(CC(=O)NC(Cc2ccc(NC(=O)C3C(Cl)=CC=C[C@H]3Cl)cc2)C(=O)O)C1(C)C. The number of allylic oxidation sites excluding steroid dienone is 3. The zero-order chi connectivity index (χ0) is 25.9. The lowest BCUT2D eigenvalue weighted by molar-refractivity contribution is -0.143. The molecule has 2 aliphatic rings. The van der Waals surface area contributed by atoms with Gasteiger partial charge in [0.1, 0.15) is 6.04 Å². The fourth-order valence-corrected chi connectivity index (χ4v) is 5.67. The van der Waals surface area contributed by atoms with E-state index < -0.39 is 29.4 Å². The van der Waals surface area contributed by atoms with Crippen LogP contribution < -0.4 is 10.6 Å². The van der Waals surface area contributed by atoms with Crippen LogP contribution in [-0.4, -0.2) is 45.5 Å². The number of anilines is 1. The molecule has 7 nitrogen and oxygen atoms in total. The smallest absolute Gasteiger partial charge is 0.326 e. The van der Waals surface area contributed by atoms with Gasteiger partial charge in [-0.25, -0.2) is 4.79 Å². The largest absolute Gasteiger partial charge is 0.480 e. The van der Waals surface area contributed by atoms with Crippen molar-refractivity contribution in [3.05, 3.63) is 53.1 Å². The molecule has 4 N–H and O–H groups in total. The number of aliphatic hydroxyl groups is 1. The van der Waals surface area contributed by atoms with Crippen molar-refractivity contribution in [1.29, 1.82) is 0 Å². The van der Waals surface area contributed by atoms with Gasteiger partial charge >= 0.3 is 5.97 Å². The highest BCUT2D eigenvalue weighted by Crippen LogP contribution is 2.54. The van der Waals surface area contributed by atoms with E-state index in [1.807, 2.05) is 13.8 Å². The number of hydrogen-bond donors (Lipinski definition) is 4. The molecule has 0 aliphatic heterocycles. The van der Waals surface area contributed by atoms with E-state index in [2.05, 4.69) is 10.6 Å². The van der Waals surface area contributed by atoms with Crippen molar-refractivity contribution in [2.75, 3.05) is 5.32 Å². The Bertz CT molecular complexity index is 1020. The van der Waals surface area contributed by atoms with Gasteiger partial charge in [-0.15, -0.1) is 11.6 Å². The predicted octanol–water partition coefficient (Wildman–Crippen LogP) is 4.09. The quantitative estimate of drug-likeness (QED) is 0.364. The molecular weight excluding hydrogens is 491 g/mol. The second-order valence-corrected chi connectivity index (χ2v) is 11.0. The van der Waals surface area contributed by atoms with Gasteiger partial charge in [0, 0.05) is 23.6 Å². The highest BCUT2D eigenvalue weighted by molar-refractivity contribution is 6.34. The zero-order valence-corrected chi connectivity index (χ0v) is 21.5. The van der Waals surface area contributed by atoms with Gasteiger partial charge in [-0.1, -0.05) is 49.7 Å². The third-order valence-corrected chi connectivity index (χ3v) is 8.06. The molecular formula is C26H32Cl2N2O5. The van der Waals surface area contributed by atoms with Gasteiger partial charge in [0.2, 0.25) is 11.8 Å². The number of aliphatic hydroxyl groups excluding tert-OH is 1. The molecule has 35 heavy (non-hydrogen) atoms. The minimum absolute atomic E-state index is 0.0926. The summed E-state index contributed by atoms with van der Waals surface area (Å²) in [6.45, 7) is 5.82. The Morgan fingerprint density at radius 1 is 1.20 bits per heavy atom. The summed E-state index contributed by atoms with van der Waals surface area (Å²) < 4.78 is 0. The van der Waals surface area contributed by atoms with Crippen LogP contribution in [0.3, 0.4) is 0 Å². The fraction of sp³-hybridized carbons (Fsp3) is 0.500. The Labute approximate surface area is 215 Å². The maximum atomic E-state index is 12.6. The number of alkyl halides is 1. The second kappa shape index (κ2) is 11.1. The molecule has 0 spiro atoms. The van der Waals surface area contributed by atoms with E-state index in [-0.39, 0.29) is 41.9 Å². The van der Waals surface area contributed by atoms with Crippen LogP contribution in [0.1, 0.15) is 39.2 Å². The van der Waals surface area contributed by atoms with Crippen molar-refractivity contribution in [3.63, 3.8) is 0 Å². The standard InChI is InChI=1S/C26H32Cl2N2O5/c1-14(31)18-12-16(26(18,2)3)13-22(32)30-21(25(34)35)11-15-7-9-17(10-8-15)29-24(33)23-19(27)5-4-6-20(23)28/h4-10,14,16,18-19,21,23,31H,11-13H2,1-3H3,(H,29,33)(H,30,32)(H,34,35)/t14?,16?,18?,19-,21?,23?/m1/s1. The zero-order valence-electron chi connectivity index (χ0n) is 20.0. The number of carboxylic acids is 1. The van der Waals surface area contributed by atoms with Crippen molar-refractivity contribution in [1.82, 2.24) is 5.32 Å². The van der Waals surface area contributed by atoms with E-state index in [0.717, 1.165) is 6.42 Å². The number of amides is 2. The molecule has 0 aromatic heterocycles. The first kappa shape index (κ1) is 27.2. The lowest BCUT2D eigenvalue weighted by Crippen LogP contribution is -2.52. The van der Waals surface area contributed by atoms with Crippen LogP contribution in [0.2, 0.25) is 0 Å². The molecule has 190 valence electrons. The molecule has 6 atom stereocenters. The number of benzene rings is 1. The van der Waals surface area contributed by atoms with Crippen LogP contribution in [0.5, 0.6) is 0 Å². The second-order valence-electron chi connectivity index (χ2n) is 10.0. The fourth-order valence-electron chi connectivity index (χ4n) is 4.97. The topological polar surface area (TPSA) is 116 Å². The number of aliphatic carboxylic acids is 1. The van der Waals surface area contributed by atoms with Crippen molar-refractivity contribution in [2.24, 2.45) is 23.2 Å². The lowest BCUT2D eigenvalue weighted by atomic mass is 9.52. The molecule has 2 aliphatic carbocycles. The molecule has 5 unspecified atom stereocenters. The van der Waals surface area contributed by atoms with Gasteiger partial charge in [-0.2, -0.15) is 0 Å². The highest BCUT2D eigenvalue weighted by atomic mass is 35.5. The Kier molecular flexibility index (Phi) is 8.67. The van der Waals surface area contributed by atoms with Crippen LogP contribution >= 0.6 is 23.2 Å². The van der Waals surface area contributed by atoms with E-state index in [4.69, 9.17) is 23.2 Å². The first-order chi connectivity index (χ1) is 16.4. The Morgan fingerprint density at radius 3 is 2.40 bits per heavy atom. The Hall–Kier alpha value is -2.35. The third-order valence-electron chi connectivity index (χ3n) is 7.30. The van der Waals surface area contributed by atoms with Gasteiger partial charge < -0.3 is 20.8 Å². The summed E-state index contributed by atoms with van der Waals surface area (Å²) in [6, 6.07) is 5.67. The van der Waals surface area contributed by atoms with Crippen molar-refractivity contribution in [2.45, 2.75) is 57.6 Å². The van der Waals surface area contributed by atoms with E-state index in [1.54, 1.807) is 49.4 Å². The maximum Gasteiger partial charge on any atom is 0.326 e. The molecule has 1 aromatic rings. The summed E-state index contributed by atoms with van der Waals surface area (Å²) in [7, 11) is 0. The number of rotatable bonds is 9. The molecule has 0 heterocycles. The summed E-state index contributed by atoms with van der Waals surface area (Å²) in [5.41, 5.74) is 1.04. The molecule has 0 bridgehead atoms. The van der Waals surface area contributed by atoms with Gasteiger partial charge in [0.15, 0.2) is 0 Å². The monoisotopic (exact) mass is 522 g/mol. The number of nitrogens with one attached hydrogen (secondary N) is 2. The van der Waals surface area contributed by atoms with Crippen LogP contribution in [-0.2, 0) is 20.8 Å². The summed E-state index contributed by atoms with van der Waals surface area (Å²) in [5, 5.41) is 24.7. The summed E-state index contributed by atoms with van der Waals surface area (Å²) >= 11 is 12.3. The molecule has 9 heteroatoms. The number of carbonyl (C=O) groups is 3. The molecule has 3 rings (SSSR count). The average Bonchev–Trinajstić information content (AvgIpc) is 2.76. The molecule has 2 amide bonds. The van der Waals surface area contributed by atoms with E-state index in [1.165, 1.54) is 0 Å². The number of hydrogen-bond acceptors (Lipinski definition) is 4. The summed E-state index contributed by atoms with van der Waals surface area (Å²) in [6.07, 6.45) is 5.66. The van der Waals surface area contributed by atoms with Crippen LogP contribution in [0, 0.1) is 23.2 Å². The number of carboxylic acid groups (broad SMARTS) is 1. The number of halogens is 2. The lowest BCUT2D eigenvalue weighted by Gasteiger charge is -2.53. The van der Waals surface area contributed by atoms with Gasteiger partial charge in [-0.3, -0.25) is 9.59 Å². The van der Waals surface area contributed by atoms with E-state index in [9.17, 15) is 24.6 Å². The van der Waals surface area contributed by atoms with Gasteiger partial charge in [0.25, 0.3) is 0 Å². The maximum absolute atomic E-state index is 12.6. The Balaban J connectivity index is 1.55. The highest BCUT2D eigenvalue weighted by Gasteiger charge is 2.50. The summed E-state index contributed by atoms with van der Waals surface area (Å²) in [5.74, 6) is -2.24. The molecule has 1 aromatic carbocycles. The minimum atomic E-state index is -1.12. The van der Waals surface area contributed by atoms with Crippen molar-refractivity contribution >= 4 is 46.7 Å². The molecule has 1 saturated carbocycles. The van der Waals surface area contributed by atoms with Crippen LogP contribution in [0.25, 0.3) is 0 Å². The predicted molar refractivity (Wildman–Crippen MR) is 136 cm³/mol. The molecule has 0 radical (unpaired) electrons. The first-order valence-electron chi connectivity index (χ1n) is 11.7. The Morgan fingerprint density at radius 2 is 1.86 bits per heavy atom. The third kappa shape index (κ3) is 6.46. The normalized spacial score (nSPS) is 26.6. The van der Waals surface area contributed by atoms with Crippen molar-refractivity contribution in [3.8, 4) is 0 Å². The van der Waals surface area contributed by atoms with Crippen LogP contribution in [0.4, 0.5) is 5.69 Å². The van der Waals surface area contributed by atoms with Gasteiger partial charge in [-0.05, 0) is 54.4 Å². The molecule has 0 saturated heterocycles. The van der Waals surface area contributed by atoms with Crippen molar-refractivity contribution < 1.29 is 24.6 Å².